The maximum atomic E-state index is 11.5. The maximum absolute atomic E-state index is 11.5. The van der Waals surface area contributed by atoms with Gasteiger partial charge in [0.15, 0.2) is 5.69 Å². The fraction of sp³-hybridized carbons (Fsp3) is 0.636. The molecule has 8 heteroatoms. The van der Waals surface area contributed by atoms with Crippen molar-refractivity contribution in [1.82, 2.24) is 9.78 Å². The number of nitrogens with two attached hydrogens (primary N) is 1. The third-order valence-corrected chi connectivity index (χ3v) is 4.33. The first kappa shape index (κ1) is 15.5. The van der Waals surface area contributed by atoms with Gasteiger partial charge < -0.3 is 10.5 Å². The molecule has 19 heavy (non-hydrogen) atoms. The Hall–Kier alpha value is -1.57. The van der Waals surface area contributed by atoms with Crippen molar-refractivity contribution >= 4 is 21.5 Å². The maximum Gasteiger partial charge on any atom is 0.361 e. The molecular formula is C11H19N3O4S. The monoisotopic (exact) mass is 289 g/mol. The van der Waals surface area contributed by atoms with Crippen molar-refractivity contribution < 1.29 is 17.9 Å². The van der Waals surface area contributed by atoms with E-state index in [4.69, 9.17) is 10.5 Å². The lowest BCUT2D eigenvalue weighted by molar-refractivity contribution is 0.0519. The first-order valence-electron chi connectivity index (χ1n) is 6.10. The highest BCUT2D eigenvalue weighted by Crippen LogP contribution is 2.11. The van der Waals surface area contributed by atoms with E-state index in [2.05, 4.69) is 5.10 Å². The predicted octanol–water partition coefficient (Wildman–Crippen LogP) is 0.467. The van der Waals surface area contributed by atoms with Crippen molar-refractivity contribution in [2.75, 3.05) is 23.8 Å². The number of esters is 1. The number of rotatable bonds is 7. The largest absolute Gasteiger partial charge is 0.461 e. The zero-order valence-corrected chi connectivity index (χ0v) is 11.9. The fourth-order valence-electron chi connectivity index (χ4n) is 1.50. The summed E-state index contributed by atoms with van der Waals surface area (Å²) >= 11 is 0. The summed E-state index contributed by atoms with van der Waals surface area (Å²) in [5, 5.41) is 4.00. The van der Waals surface area contributed by atoms with Crippen LogP contribution in [0.3, 0.4) is 0 Å². The number of hydrogen-bond donors (Lipinski definition) is 1. The molecule has 0 unspecified atom stereocenters. The highest BCUT2D eigenvalue weighted by atomic mass is 32.2. The Kier molecular flexibility index (Phi) is 5.34. The summed E-state index contributed by atoms with van der Waals surface area (Å²) in [5.74, 6) is -0.347. The fourth-order valence-corrected chi connectivity index (χ4v) is 2.36. The van der Waals surface area contributed by atoms with Crippen molar-refractivity contribution in [1.29, 1.82) is 0 Å². The highest BCUT2D eigenvalue weighted by Gasteiger charge is 2.16. The zero-order chi connectivity index (χ0) is 14.5. The molecule has 0 radical (unpaired) electrons. The van der Waals surface area contributed by atoms with Crippen molar-refractivity contribution in [2.24, 2.45) is 0 Å². The molecule has 108 valence electrons. The lowest BCUT2D eigenvalue weighted by Crippen LogP contribution is -2.12. The molecule has 0 fully saturated rings. The molecule has 1 heterocycles. The first-order chi connectivity index (χ1) is 8.89. The van der Waals surface area contributed by atoms with Crippen LogP contribution >= 0.6 is 0 Å². The third kappa shape index (κ3) is 4.55. The van der Waals surface area contributed by atoms with Gasteiger partial charge >= 0.3 is 5.97 Å². The van der Waals surface area contributed by atoms with Crippen LogP contribution in [0.15, 0.2) is 6.20 Å². The minimum atomic E-state index is -2.98. The normalized spacial score (nSPS) is 11.5. The second kappa shape index (κ2) is 6.55. The van der Waals surface area contributed by atoms with E-state index >= 15 is 0 Å². The molecule has 7 nitrogen and oxygen atoms in total. The number of aromatic nitrogens is 2. The summed E-state index contributed by atoms with van der Waals surface area (Å²) in [6, 6.07) is 0. The third-order valence-electron chi connectivity index (χ3n) is 2.54. The number of carbonyl (C=O) groups is 1. The van der Waals surface area contributed by atoms with Crippen LogP contribution in [0.1, 0.15) is 30.8 Å². The van der Waals surface area contributed by atoms with Gasteiger partial charge in [0, 0.05) is 18.5 Å². The number of carbonyl (C=O) groups excluding carboxylic acids is 1. The number of aryl methyl sites for hydroxylation is 1. The second-order valence-electron chi connectivity index (χ2n) is 4.01. The molecule has 0 aliphatic carbocycles. The van der Waals surface area contributed by atoms with Crippen LogP contribution in [0, 0.1) is 0 Å². The lowest BCUT2D eigenvalue weighted by Gasteiger charge is -2.02. The van der Waals surface area contributed by atoms with Gasteiger partial charge in [-0.25, -0.2) is 13.2 Å². The Morgan fingerprint density at radius 2 is 2.16 bits per heavy atom. The minimum Gasteiger partial charge on any atom is -0.461 e. The number of sulfone groups is 1. The number of anilines is 1. The van der Waals surface area contributed by atoms with E-state index in [1.807, 2.05) is 0 Å². The molecule has 0 bridgehead atoms. The topological polar surface area (TPSA) is 104 Å². The molecule has 1 aromatic heterocycles. The summed E-state index contributed by atoms with van der Waals surface area (Å²) in [6.45, 7) is 3.95. The van der Waals surface area contributed by atoms with Crippen LogP contribution in [-0.4, -0.2) is 42.3 Å². The summed E-state index contributed by atoms with van der Waals surface area (Å²) < 4.78 is 28.9. The summed E-state index contributed by atoms with van der Waals surface area (Å²) in [6.07, 6.45) is 1.93. The lowest BCUT2D eigenvalue weighted by atomic mass is 10.4. The average Bonchev–Trinajstić information content (AvgIpc) is 2.71. The average molecular weight is 289 g/mol. The van der Waals surface area contributed by atoms with Crippen molar-refractivity contribution in [3.05, 3.63) is 11.9 Å². The van der Waals surface area contributed by atoms with E-state index in [9.17, 15) is 13.2 Å². The first-order valence-corrected chi connectivity index (χ1v) is 7.92. The second-order valence-corrected chi connectivity index (χ2v) is 6.48. The van der Waals surface area contributed by atoms with E-state index in [0.29, 0.717) is 13.0 Å². The number of nitrogens with zero attached hydrogens (tertiary/aromatic N) is 2. The zero-order valence-electron chi connectivity index (χ0n) is 11.1. The molecule has 0 aromatic carbocycles. The van der Waals surface area contributed by atoms with E-state index < -0.39 is 15.8 Å². The predicted molar refractivity (Wildman–Crippen MR) is 71.5 cm³/mol. The van der Waals surface area contributed by atoms with Crippen LogP contribution in [-0.2, 0) is 21.1 Å². The van der Waals surface area contributed by atoms with Crippen LogP contribution < -0.4 is 5.73 Å². The van der Waals surface area contributed by atoms with Gasteiger partial charge in [-0.05, 0) is 13.3 Å². The van der Waals surface area contributed by atoms with Crippen LogP contribution in [0.2, 0.25) is 0 Å². The van der Waals surface area contributed by atoms with E-state index in [1.54, 1.807) is 13.8 Å². The van der Waals surface area contributed by atoms with E-state index in [-0.39, 0.29) is 29.5 Å². The summed E-state index contributed by atoms with van der Waals surface area (Å²) in [4.78, 5) is 11.5. The molecular weight excluding hydrogens is 270 g/mol. The number of ether oxygens (including phenoxy) is 1. The Morgan fingerprint density at radius 1 is 1.47 bits per heavy atom. The summed E-state index contributed by atoms with van der Waals surface area (Å²) in [7, 11) is -2.98. The molecule has 0 aliphatic rings. The van der Waals surface area contributed by atoms with Gasteiger partial charge in [0.1, 0.15) is 9.84 Å². The van der Waals surface area contributed by atoms with Crippen molar-refractivity contribution in [3.63, 3.8) is 0 Å². The molecule has 0 amide bonds. The van der Waals surface area contributed by atoms with Gasteiger partial charge in [-0.3, -0.25) is 4.68 Å². The van der Waals surface area contributed by atoms with Crippen molar-refractivity contribution in [3.8, 4) is 0 Å². The van der Waals surface area contributed by atoms with Crippen LogP contribution in [0.5, 0.6) is 0 Å². The molecule has 0 aliphatic heterocycles. The Labute approximate surface area is 112 Å². The quantitative estimate of drug-likeness (QED) is 0.731. The van der Waals surface area contributed by atoms with Crippen molar-refractivity contribution in [2.45, 2.75) is 26.8 Å². The van der Waals surface area contributed by atoms with Crippen LogP contribution in [0.4, 0.5) is 5.69 Å². The van der Waals surface area contributed by atoms with E-state index in [0.717, 1.165) is 0 Å². The number of nitrogen functional groups attached to an aromatic ring is 1. The van der Waals surface area contributed by atoms with Gasteiger partial charge in [0.05, 0.1) is 18.0 Å². The standard InChI is InChI=1S/C11H19N3O4S/c1-3-18-11(15)10-9(12)8-14(13-10)6-5-7-19(16,17)4-2/h8H,3-7,12H2,1-2H3. The van der Waals surface area contributed by atoms with Gasteiger partial charge in [0.25, 0.3) is 0 Å². The van der Waals surface area contributed by atoms with Gasteiger partial charge in [0.2, 0.25) is 0 Å². The Balaban J connectivity index is 2.62. The Bertz CT molecular complexity index is 536. The molecule has 1 aromatic rings. The smallest absolute Gasteiger partial charge is 0.361 e. The van der Waals surface area contributed by atoms with Crippen LogP contribution in [0.25, 0.3) is 0 Å². The molecule has 2 N–H and O–H groups in total. The molecule has 0 atom stereocenters. The molecule has 0 saturated heterocycles. The SMILES string of the molecule is CCOC(=O)c1nn(CCCS(=O)(=O)CC)cc1N. The molecule has 1 rings (SSSR count). The van der Waals surface area contributed by atoms with Gasteiger partial charge in [-0.2, -0.15) is 5.10 Å². The van der Waals surface area contributed by atoms with Gasteiger partial charge in [-0.1, -0.05) is 6.92 Å². The highest BCUT2D eigenvalue weighted by molar-refractivity contribution is 7.91. The Morgan fingerprint density at radius 3 is 2.74 bits per heavy atom. The summed E-state index contributed by atoms with van der Waals surface area (Å²) in [5.41, 5.74) is 5.96. The molecule has 0 saturated carbocycles. The van der Waals surface area contributed by atoms with Gasteiger partial charge in [-0.15, -0.1) is 0 Å². The van der Waals surface area contributed by atoms with E-state index in [1.165, 1.54) is 10.9 Å². The molecule has 0 spiro atoms. The number of hydrogen-bond acceptors (Lipinski definition) is 6. The minimum absolute atomic E-state index is 0.0696.